The third-order valence-corrected chi connectivity index (χ3v) is 9.48. The standard InChI is InChI=1S/C32H31NO8/c1-12(2)19-24-28(37)20-13(3)17-8-9-18(16-10-14-6-4-5-7-15(14)11-16)25(34)21(17)27(36)22(20)29(38)32(24,41)30(39)23(26(19)35)31(33)40/h4-10,12-13,19-20,24,28,34,36-37,39,41H,11H2,1-3H3,(H2,33,40)/t13-,19-,20+,24+,28-,32-/m0/s1. The molecule has 9 heteroatoms. The Morgan fingerprint density at radius 2 is 1.76 bits per heavy atom. The van der Waals surface area contributed by atoms with Crippen LogP contribution in [0.15, 0.2) is 53.3 Å². The second kappa shape index (κ2) is 8.89. The molecule has 7 N–H and O–H groups in total. The van der Waals surface area contributed by atoms with Crippen LogP contribution in [0.1, 0.15) is 54.5 Å². The van der Waals surface area contributed by atoms with Crippen LogP contribution >= 0.6 is 0 Å². The molecule has 1 saturated carbocycles. The first-order valence-corrected chi connectivity index (χ1v) is 13.6. The minimum absolute atomic E-state index is 0.00778. The zero-order chi connectivity index (χ0) is 29.7. The largest absolute Gasteiger partial charge is 0.508 e. The van der Waals surface area contributed by atoms with Crippen LogP contribution < -0.4 is 5.73 Å². The molecule has 1 fully saturated rings. The third-order valence-electron chi connectivity index (χ3n) is 9.48. The number of carbonyl (C=O) groups is 3. The van der Waals surface area contributed by atoms with Gasteiger partial charge in [-0.3, -0.25) is 14.4 Å². The van der Waals surface area contributed by atoms with Crippen molar-refractivity contribution >= 4 is 34.9 Å². The maximum absolute atomic E-state index is 14.2. The third kappa shape index (κ3) is 3.39. The molecule has 0 aromatic heterocycles. The van der Waals surface area contributed by atoms with Gasteiger partial charge in [-0.15, -0.1) is 0 Å². The van der Waals surface area contributed by atoms with Gasteiger partial charge >= 0.3 is 0 Å². The van der Waals surface area contributed by atoms with Crippen LogP contribution in [0.2, 0.25) is 0 Å². The molecule has 0 heterocycles. The number of aromatic hydroxyl groups is 1. The predicted octanol–water partition coefficient (Wildman–Crippen LogP) is 2.93. The lowest BCUT2D eigenvalue weighted by Crippen LogP contribution is -2.67. The number of hydrogen-bond donors (Lipinski definition) is 6. The van der Waals surface area contributed by atoms with Crippen LogP contribution in [-0.4, -0.2) is 54.7 Å². The minimum Gasteiger partial charge on any atom is -0.508 e. The summed E-state index contributed by atoms with van der Waals surface area (Å²) in [6.45, 7) is 5.00. The normalized spacial score (nSPS) is 30.6. The Morgan fingerprint density at radius 3 is 2.39 bits per heavy atom. The van der Waals surface area contributed by atoms with Gasteiger partial charge in [-0.25, -0.2) is 0 Å². The number of primary amides is 1. The van der Waals surface area contributed by atoms with E-state index >= 15 is 0 Å². The number of aliphatic hydroxyl groups is 4. The number of hydrogen-bond acceptors (Lipinski definition) is 8. The van der Waals surface area contributed by atoms with Crippen LogP contribution in [0.3, 0.4) is 0 Å². The van der Waals surface area contributed by atoms with Gasteiger partial charge < -0.3 is 31.3 Å². The Labute approximate surface area is 235 Å². The molecule has 4 aliphatic rings. The van der Waals surface area contributed by atoms with Crippen molar-refractivity contribution in [2.45, 2.75) is 44.8 Å². The number of Topliss-reactive ketones (excluding diaryl/α,β-unsaturated/α-hetero) is 2. The lowest BCUT2D eigenvalue weighted by atomic mass is 9.51. The Bertz CT molecular complexity index is 1660. The highest BCUT2D eigenvalue weighted by atomic mass is 16.4. The quantitative estimate of drug-likeness (QED) is 0.312. The van der Waals surface area contributed by atoms with E-state index in [0.717, 1.165) is 16.7 Å². The van der Waals surface area contributed by atoms with Crippen molar-refractivity contribution in [3.8, 4) is 5.75 Å². The Balaban J connectivity index is 1.56. The molecule has 6 rings (SSSR count). The van der Waals surface area contributed by atoms with E-state index in [1.807, 2.05) is 30.3 Å². The van der Waals surface area contributed by atoms with Crippen molar-refractivity contribution in [1.29, 1.82) is 0 Å². The number of amides is 1. The summed E-state index contributed by atoms with van der Waals surface area (Å²) in [5.41, 5.74) is 5.02. The number of allylic oxidation sites excluding steroid dienone is 1. The highest BCUT2D eigenvalue weighted by Crippen LogP contribution is 2.58. The van der Waals surface area contributed by atoms with E-state index in [1.54, 1.807) is 32.9 Å². The SMILES string of the molecule is CC(C)[C@@H]1C(=O)C(C(N)=O)=C(O)[C@@]2(O)C(=O)C3=C(O)c4c(ccc(C5=Cc6ccccc6C5)c4O)[C@H](C)[C@H]3[C@H](O)[C@@H]12. The van der Waals surface area contributed by atoms with Gasteiger partial charge in [0.05, 0.1) is 11.7 Å². The fraction of sp³-hybridized carbons (Fsp3) is 0.344. The number of carbonyl (C=O) groups excluding carboxylic acids is 3. The van der Waals surface area contributed by atoms with Crippen LogP contribution in [0, 0.1) is 23.7 Å². The fourth-order valence-corrected chi connectivity index (χ4v) is 7.57. The first-order chi connectivity index (χ1) is 19.3. The van der Waals surface area contributed by atoms with E-state index in [-0.39, 0.29) is 16.9 Å². The van der Waals surface area contributed by atoms with Gasteiger partial charge in [0.15, 0.2) is 11.4 Å². The monoisotopic (exact) mass is 557 g/mol. The Hall–Kier alpha value is -4.21. The molecule has 1 amide bonds. The molecule has 2 aromatic rings. The summed E-state index contributed by atoms with van der Waals surface area (Å²) in [4.78, 5) is 39.7. The van der Waals surface area contributed by atoms with E-state index in [0.29, 0.717) is 17.5 Å². The number of benzene rings is 2. The van der Waals surface area contributed by atoms with Crippen LogP contribution in [0.25, 0.3) is 17.4 Å². The van der Waals surface area contributed by atoms with Crippen molar-refractivity contribution in [1.82, 2.24) is 0 Å². The number of phenols is 1. The summed E-state index contributed by atoms with van der Waals surface area (Å²) in [6, 6.07) is 11.3. The molecule has 212 valence electrons. The number of aliphatic hydroxyl groups excluding tert-OH is 3. The van der Waals surface area contributed by atoms with Crippen molar-refractivity contribution in [2.75, 3.05) is 0 Å². The van der Waals surface area contributed by atoms with Gasteiger partial charge in [-0.05, 0) is 40.5 Å². The van der Waals surface area contributed by atoms with Gasteiger partial charge in [0.2, 0.25) is 5.78 Å². The summed E-state index contributed by atoms with van der Waals surface area (Å²) in [7, 11) is 0. The van der Waals surface area contributed by atoms with E-state index in [2.05, 4.69) is 0 Å². The van der Waals surface area contributed by atoms with Crippen molar-refractivity contribution in [3.63, 3.8) is 0 Å². The Kier molecular flexibility index (Phi) is 5.85. The lowest BCUT2D eigenvalue weighted by Gasteiger charge is -2.53. The van der Waals surface area contributed by atoms with Crippen LogP contribution in [0.5, 0.6) is 5.75 Å². The van der Waals surface area contributed by atoms with Gasteiger partial charge in [0.25, 0.3) is 5.91 Å². The van der Waals surface area contributed by atoms with Crippen molar-refractivity contribution < 1.29 is 39.9 Å². The second-order valence-corrected chi connectivity index (χ2v) is 11.9. The second-order valence-electron chi connectivity index (χ2n) is 11.9. The summed E-state index contributed by atoms with van der Waals surface area (Å²) >= 11 is 0. The van der Waals surface area contributed by atoms with Gasteiger partial charge in [-0.1, -0.05) is 63.2 Å². The van der Waals surface area contributed by atoms with Crippen molar-refractivity contribution in [2.24, 2.45) is 29.4 Å². The fourth-order valence-electron chi connectivity index (χ4n) is 7.57. The highest BCUT2D eigenvalue weighted by molar-refractivity contribution is 6.23. The topological polar surface area (TPSA) is 178 Å². The molecule has 0 radical (unpaired) electrons. The van der Waals surface area contributed by atoms with Gasteiger partial charge in [0.1, 0.15) is 22.8 Å². The van der Waals surface area contributed by atoms with E-state index in [1.165, 1.54) is 0 Å². The minimum atomic E-state index is -2.90. The summed E-state index contributed by atoms with van der Waals surface area (Å²) in [5, 5.41) is 57.7. The molecular formula is C32H31NO8. The average molecular weight is 558 g/mol. The number of ketones is 2. The van der Waals surface area contributed by atoms with Crippen molar-refractivity contribution in [3.05, 3.63) is 81.1 Å². The van der Waals surface area contributed by atoms with Crippen LogP contribution in [0.4, 0.5) is 0 Å². The first kappa shape index (κ1) is 27.0. The maximum Gasteiger partial charge on any atom is 0.255 e. The molecule has 0 saturated heterocycles. The molecule has 0 bridgehead atoms. The number of rotatable bonds is 3. The molecule has 6 atom stereocenters. The molecule has 41 heavy (non-hydrogen) atoms. The number of nitrogens with two attached hydrogens (primary N) is 1. The van der Waals surface area contributed by atoms with E-state index in [9.17, 15) is 39.9 Å². The van der Waals surface area contributed by atoms with Crippen LogP contribution in [-0.2, 0) is 20.8 Å². The molecule has 9 nitrogen and oxygen atoms in total. The molecular weight excluding hydrogens is 526 g/mol. The summed E-state index contributed by atoms with van der Waals surface area (Å²) in [6.07, 6.45) is 0.911. The zero-order valence-corrected chi connectivity index (χ0v) is 22.8. The molecule has 0 spiro atoms. The average Bonchev–Trinajstić information content (AvgIpc) is 3.34. The highest BCUT2D eigenvalue weighted by Gasteiger charge is 2.68. The molecule has 2 aromatic carbocycles. The molecule has 4 aliphatic carbocycles. The van der Waals surface area contributed by atoms with Gasteiger partial charge in [-0.2, -0.15) is 0 Å². The predicted molar refractivity (Wildman–Crippen MR) is 149 cm³/mol. The molecule has 0 unspecified atom stereocenters. The summed E-state index contributed by atoms with van der Waals surface area (Å²) < 4.78 is 0. The molecule has 0 aliphatic heterocycles. The van der Waals surface area contributed by atoms with E-state index < -0.39 is 75.9 Å². The zero-order valence-electron chi connectivity index (χ0n) is 22.8. The smallest absolute Gasteiger partial charge is 0.255 e. The Morgan fingerprint density at radius 1 is 1.07 bits per heavy atom. The maximum atomic E-state index is 14.2. The number of fused-ring (bicyclic) bond motifs is 4. The summed E-state index contributed by atoms with van der Waals surface area (Å²) in [5.74, 6) is -10.5. The van der Waals surface area contributed by atoms with E-state index in [4.69, 9.17) is 5.73 Å². The number of phenolic OH excluding ortho intramolecular Hbond substituents is 1. The van der Waals surface area contributed by atoms with Gasteiger partial charge in [0, 0.05) is 28.9 Å². The first-order valence-electron chi connectivity index (χ1n) is 13.6. The lowest BCUT2D eigenvalue weighted by molar-refractivity contribution is -0.171.